The lowest BCUT2D eigenvalue weighted by atomic mass is 9.55. The highest BCUT2D eigenvalue weighted by atomic mass is 14.5. The maximum atomic E-state index is 9.28. The van der Waals surface area contributed by atoms with Crippen molar-refractivity contribution in [2.45, 2.75) is 46.0 Å². The molecule has 0 aromatic rings. The maximum Gasteiger partial charge on any atom is 0.0692 e. The molecule has 0 saturated heterocycles. The Morgan fingerprint density at radius 1 is 1.31 bits per heavy atom. The molecule has 0 radical (unpaired) electrons. The zero-order valence-electron chi connectivity index (χ0n) is 8.71. The predicted molar refractivity (Wildman–Crippen MR) is 52.9 cm³/mol. The summed E-state index contributed by atoms with van der Waals surface area (Å²) in [6, 6.07) is 2.59. The highest BCUT2D eigenvalue weighted by Crippen LogP contribution is 2.52. The molecule has 2 saturated carbocycles. The van der Waals surface area contributed by atoms with Gasteiger partial charge in [-0.3, -0.25) is 0 Å². The number of rotatable bonds is 0. The Morgan fingerprint density at radius 2 is 2.08 bits per heavy atom. The van der Waals surface area contributed by atoms with Crippen LogP contribution in [0.5, 0.6) is 0 Å². The van der Waals surface area contributed by atoms with Crippen LogP contribution in [0.25, 0.3) is 0 Å². The molecule has 2 fully saturated rings. The molecule has 0 aromatic heterocycles. The molecule has 13 heavy (non-hydrogen) atoms. The Balaban J connectivity index is 2.23. The second-order valence-corrected chi connectivity index (χ2v) is 5.26. The average Bonchev–Trinajstić information content (AvgIpc) is 2.15. The van der Waals surface area contributed by atoms with E-state index in [0.29, 0.717) is 11.8 Å². The van der Waals surface area contributed by atoms with Crippen molar-refractivity contribution in [1.82, 2.24) is 0 Å². The lowest BCUT2D eigenvalue weighted by Crippen LogP contribution is -2.41. The monoisotopic (exact) mass is 177 g/mol. The summed E-state index contributed by atoms with van der Waals surface area (Å²) >= 11 is 0. The van der Waals surface area contributed by atoms with Crippen LogP contribution in [0.1, 0.15) is 46.0 Å². The zero-order valence-corrected chi connectivity index (χ0v) is 8.71. The van der Waals surface area contributed by atoms with Crippen molar-refractivity contribution >= 4 is 0 Å². The van der Waals surface area contributed by atoms with Crippen LogP contribution in [0, 0.1) is 34.5 Å². The second kappa shape index (κ2) is 3.01. The van der Waals surface area contributed by atoms with Crippen molar-refractivity contribution in [3.8, 4) is 6.07 Å². The molecule has 0 N–H and O–H groups in total. The molecule has 4 unspecified atom stereocenters. The summed E-state index contributed by atoms with van der Waals surface area (Å²) in [5, 5.41) is 9.28. The molecule has 2 bridgehead atoms. The Labute approximate surface area is 81.1 Å². The normalized spacial score (nSPS) is 49.8. The summed E-state index contributed by atoms with van der Waals surface area (Å²) < 4.78 is 0. The van der Waals surface area contributed by atoms with Gasteiger partial charge in [0.1, 0.15) is 0 Å². The number of nitriles is 1. The second-order valence-electron chi connectivity index (χ2n) is 5.26. The minimum Gasteiger partial charge on any atom is -0.198 e. The van der Waals surface area contributed by atoms with Gasteiger partial charge in [-0.05, 0) is 43.9 Å². The summed E-state index contributed by atoms with van der Waals surface area (Å²) in [4.78, 5) is 0. The molecule has 0 amide bonds. The highest BCUT2D eigenvalue weighted by Gasteiger charge is 2.46. The molecular weight excluding hydrogens is 158 g/mol. The molecule has 0 spiro atoms. The molecule has 0 aliphatic heterocycles. The van der Waals surface area contributed by atoms with Crippen LogP contribution in [0.4, 0.5) is 0 Å². The molecule has 4 atom stereocenters. The van der Waals surface area contributed by atoms with Gasteiger partial charge in [0.15, 0.2) is 0 Å². The van der Waals surface area contributed by atoms with E-state index in [4.69, 9.17) is 0 Å². The molecule has 2 aliphatic carbocycles. The van der Waals surface area contributed by atoms with Crippen molar-refractivity contribution in [3.63, 3.8) is 0 Å². The van der Waals surface area contributed by atoms with Crippen LogP contribution in [0.2, 0.25) is 0 Å². The van der Waals surface area contributed by atoms with Crippen LogP contribution >= 0.6 is 0 Å². The molecule has 1 heteroatoms. The van der Waals surface area contributed by atoms with E-state index >= 15 is 0 Å². The quantitative estimate of drug-likeness (QED) is 0.556. The minimum atomic E-state index is -0.0169. The van der Waals surface area contributed by atoms with Gasteiger partial charge in [-0.1, -0.05) is 19.8 Å². The van der Waals surface area contributed by atoms with E-state index in [0.717, 1.165) is 5.92 Å². The van der Waals surface area contributed by atoms with Gasteiger partial charge < -0.3 is 0 Å². The largest absolute Gasteiger partial charge is 0.198 e. The Morgan fingerprint density at radius 3 is 2.77 bits per heavy atom. The van der Waals surface area contributed by atoms with Gasteiger partial charge in [0.2, 0.25) is 0 Å². The van der Waals surface area contributed by atoms with Gasteiger partial charge in [-0.15, -0.1) is 0 Å². The first-order valence-electron chi connectivity index (χ1n) is 5.58. The fourth-order valence-corrected chi connectivity index (χ4v) is 3.40. The lowest BCUT2D eigenvalue weighted by Gasteiger charge is -2.47. The van der Waals surface area contributed by atoms with Crippen LogP contribution in [-0.2, 0) is 0 Å². The maximum absolute atomic E-state index is 9.28. The lowest BCUT2D eigenvalue weighted by molar-refractivity contribution is 0.0327. The first kappa shape index (κ1) is 9.06. The van der Waals surface area contributed by atoms with E-state index in [1.807, 2.05) is 0 Å². The van der Waals surface area contributed by atoms with Crippen molar-refractivity contribution in [3.05, 3.63) is 0 Å². The minimum absolute atomic E-state index is 0.0169. The zero-order chi connectivity index (χ0) is 9.47. The van der Waals surface area contributed by atoms with Gasteiger partial charge >= 0.3 is 0 Å². The van der Waals surface area contributed by atoms with Crippen molar-refractivity contribution < 1.29 is 0 Å². The van der Waals surface area contributed by atoms with Crippen molar-refractivity contribution in [2.75, 3.05) is 0 Å². The Hall–Kier alpha value is -0.510. The van der Waals surface area contributed by atoms with Crippen molar-refractivity contribution in [1.29, 1.82) is 5.26 Å². The fourth-order valence-electron chi connectivity index (χ4n) is 3.40. The summed E-state index contributed by atoms with van der Waals surface area (Å²) in [5.74, 6) is 2.25. The molecule has 0 aromatic carbocycles. The molecule has 2 aliphatic rings. The Kier molecular flexibility index (Phi) is 2.10. The van der Waals surface area contributed by atoms with Crippen LogP contribution in [0.3, 0.4) is 0 Å². The first-order valence-corrected chi connectivity index (χ1v) is 5.58. The van der Waals surface area contributed by atoms with Crippen LogP contribution in [-0.4, -0.2) is 0 Å². The van der Waals surface area contributed by atoms with E-state index < -0.39 is 0 Å². The SMILES string of the molecule is CC1CC2CCCC(C2)C1(C)C#N. The van der Waals surface area contributed by atoms with E-state index in [1.54, 1.807) is 0 Å². The van der Waals surface area contributed by atoms with E-state index in [1.165, 1.54) is 32.1 Å². The molecule has 2 rings (SSSR count). The third kappa shape index (κ3) is 1.27. The van der Waals surface area contributed by atoms with Gasteiger partial charge in [0.05, 0.1) is 11.5 Å². The summed E-state index contributed by atoms with van der Waals surface area (Å²) in [7, 11) is 0. The standard InChI is InChI=1S/C12H19N/c1-9-6-10-4-3-5-11(7-10)12(9,2)8-13/h9-11H,3-7H2,1-2H3. The third-order valence-corrected chi connectivity index (χ3v) is 4.58. The third-order valence-electron chi connectivity index (χ3n) is 4.58. The molecule has 0 heterocycles. The molecule has 1 nitrogen and oxygen atoms in total. The number of fused-ring (bicyclic) bond motifs is 2. The van der Waals surface area contributed by atoms with Gasteiger partial charge in [-0.2, -0.15) is 5.26 Å². The van der Waals surface area contributed by atoms with E-state index in [9.17, 15) is 5.26 Å². The van der Waals surface area contributed by atoms with Crippen LogP contribution in [0.15, 0.2) is 0 Å². The number of hydrogen-bond donors (Lipinski definition) is 0. The van der Waals surface area contributed by atoms with Gasteiger partial charge in [-0.25, -0.2) is 0 Å². The van der Waals surface area contributed by atoms with E-state index in [2.05, 4.69) is 19.9 Å². The van der Waals surface area contributed by atoms with Crippen molar-refractivity contribution in [2.24, 2.45) is 23.2 Å². The smallest absolute Gasteiger partial charge is 0.0692 e. The molecule has 72 valence electrons. The summed E-state index contributed by atoms with van der Waals surface area (Å²) in [6.07, 6.45) is 6.70. The highest BCUT2D eigenvalue weighted by molar-refractivity contribution is 5.07. The predicted octanol–water partition coefficient (Wildman–Crippen LogP) is 3.36. The number of hydrogen-bond acceptors (Lipinski definition) is 1. The summed E-state index contributed by atoms with van der Waals surface area (Å²) in [5.41, 5.74) is -0.0169. The fraction of sp³-hybridized carbons (Fsp3) is 0.917. The van der Waals surface area contributed by atoms with E-state index in [-0.39, 0.29) is 5.41 Å². The average molecular weight is 177 g/mol. The molecular formula is C12H19N. The van der Waals surface area contributed by atoms with Gasteiger partial charge in [0, 0.05) is 0 Å². The summed E-state index contributed by atoms with van der Waals surface area (Å²) in [6.45, 7) is 4.46. The Bertz CT molecular complexity index is 238. The number of nitrogens with zero attached hydrogens (tertiary/aromatic N) is 1. The topological polar surface area (TPSA) is 23.8 Å². The first-order chi connectivity index (χ1) is 6.16. The van der Waals surface area contributed by atoms with Crippen LogP contribution < -0.4 is 0 Å². The van der Waals surface area contributed by atoms with Gasteiger partial charge in [0.25, 0.3) is 0 Å².